The zero-order valence-electron chi connectivity index (χ0n) is 13.9. The van der Waals surface area contributed by atoms with Crippen molar-refractivity contribution in [1.82, 2.24) is 9.38 Å². The van der Waals surface area contributed by atoms with Crippen LogP contribution in [0.3, 0.4) is 0 Å². The highest BCUT2D eigenvalue weighted by atomic mass is 16.6. The van der Waals surface area contributed by atoms with Crippen LogP contribution in [-0.2, 0) is 11.2 Å². The zero-order chi connectivity index (χ0) is 18.4. The van der Waals surface area contributed by atoms with Gasteiger partial charge in [-0.2, -0.15) is 0 Å². The van der Waals surface area contributed by atoms with Crippen molar-refractivity contribution >= 4 is 29.2 Å². The molecule has 3 heterocycles. The summed E-state index contributed by atoms with van der Waals surface area (Å²) < 4.78 is 1.41. The van der Waals surface area contributed by atoms with Crippen molar-refractivity contribution in [3.63, 3.8) is 0 Å². The normalized spacial score (nSPS) is 13.0. The van der Waals surface area contributed by atoms with Crippen molar-refractivity contribution in [2.45, 2.75) is 13.3 Å². The van der Waals surface area contributed by atoms with Crippen molar-refractivity contribution in [2.24, 2.45) is 0 Å². The molecule has 4 rings (SSSR count). The maximum Gasteiger partial charge on any atom is 0.312 e. The van der Waals surface area contributed by atoms with Gasteiger partial charge in [-0.05, 0) is 24.1 Å². The summed E-state index contributed by atoms with van der Waals surface area (Å²) >= 11 is 0. The second-order valence-electron chi connectivity index (χ2n) is 6.07. The SMILES string of the molecule is CC(=O)N1CCc2ccc(-c3nc4c([N+](=O)[O-])cccn4c3C=O)cc21. The lowest BCUT2D eigenvalue weighted by Gasteiger charge is -2.15. The largest absolute Gasteiger partial charge is 0.312 e. The standard InChI is InChI=1S/C18H14N4O4/c1-11(24)20-8-6-12-4-5-13(9-15(12)20)17-16(10-23)21-7-2-3-14(22(25)26)18(21)19-17/h2-5,7,9-10H,6,8H2,1H3. The van der Waals surface area contributed by atoms with Gasteiger partial charge in [0.25, 0.3) is 0 Å². The molecular formula is C18H14N4O4. The van der Waals surface area contributed by atoms with Gasteiger partial charge in [-0.1, -0.05) is 12.1 Å². The summed E-state index contributed by atoms with van der Waals surface area (Å²) in [4.78, 5) is 40.2. The van der Waals surface area contributed by atoms with Gasteiger partial charge < -0.3 is 4.90 Å². The lowest BCUT2D eigenvalue weighted by Crippen LogP contribution is -2.25. The molecule has 0 unspecified atom stereocenters. The lowest BCUT2D eigenvalue weighted by atomic mass is 10.1. The summed E-state index contributed by atoms with van der Waals surface area (Å²) in [6.07, 6.45) is 2.97. The topological polar surface area (TPSA) is 97.8 Å². The van der Waals surface area contributed by atoms with Crippen LogP contribution >= 0.6 is 0 Å². The van der Waals surface area contributed by atoms with Crippen LogP contribution in [-0.4, -0.2) is 33.0 Å². The molecule has 26 heavy (non-hydrogen) atoms. The van der Waals surface area contributed by atoms with E-state index in [-0.39, 0.29) is 22.9 Å². The fourth-order valence-corrected chi connectivity index (χ4v) is 3.39. The smallest absolute Gasteiger partial charge is 0.312 e. The molecule has 8 nitrogen and oxygen atoms in total. The number of benzene rings is 1. The third-order valence-electron chi connectivity index (χ3n) is 4.61. The molecule has 1 amide bonds. The number of carbonyl (C=O) groups is 2. The van der Waals surface area contributed by atoms with Crippen LogP contribution in [0.15, 0.2) is 36.5 Å². The van der Waals surface area contributed by atoms with Crippen molar-refractivity contribution in [3.8, 4) is 11.3 Å². The molecule has 0 bridgehead atoms. The van der Waals surface area contributed by atoms with Crippen LogP contribution in [0.1, 0.15) is 23.0 Å². The number of anilines is 1. The number of rotatable bonds is 3. The Morgan fingerprint density at radius 3 is 2.85 bits per heavy atom. The van der Waals surface area contributed by atoms with Crippen LogP contribution in [0.25, 0.3) is 16.9 Å². The van der Waals surface area contributed by atoms with E-state index in [0.29, 0.717) is 24.1 Å². The van der Waals surface area contributed by atoms with E-state index >= 15 is 0 Å². The van der Waals surface area contributed by atoms with Gasteiger partial charge in [0.1, 0.15) is 11.4 Å². The second kappa shape index (κ2) is 5.76. The first-order chi connectivity index (χ1) is 12.5. The number of nitrogens with zero attached hydrogens (tertiary/aromatic N) is 4. The molecule has 130 valence electrons. The molecule has 0 fully saturated rings. The molecule has 8 heteroatoms. The summed E-state index contributed by atoms with van der Waals surface area (Å²) in [5.41, 5.74) is 3.00. The van der Waals surface area contributed by atoms with Crippen LogP contribution < -0.4 is 4.90 Å². The Morgan fingerprint density at radius 2 is 2.15 bits per heavy atom. The number of hydrogen-bond donors (Lipinski definition) is 0. The first kappa shape index (κ1) is 15.9. The molecule has 3 aromatic rings. The fourth-order valence-electron chi connectivity index (χ4n) is 3.39. The van der Waals surface area contributed by atoms with E-state index in [1.165, 1.54) is 23.5 Å². The highest BCUT2D eigenvalue weighted by Gasteiger charge is 2.25. The van der Waals surface area contributed by atoms with Crippen LogP contribution in [0.4, 0.5) is 11.4 Å². The van der Waals surface area contributed by atoms with E-state index in [2.05, 4.69) is 4.98 Å². The van der Waals surface area contributed by atoms with Crippen LogP contribution in [0, 0.1) is 10.1 Å². The third-order valence-corrected chi connectivity index (χ3v) is 4.61. The lowest BCUT2D eigenvalue weighted by molar-refractivity contribution is -0.383. The van der Waals surface area contributed by atoms with Crippen LogP contribution in [0.5, 0.6) is 0 Å². The highest BCUT2D eigenvalue weighted by molar-refractivity contribution is 5.95. The minimum Gasteiger partial charge on any atom is -0.312 e. The molecule has 1 aliphatic rings. The molecule has 0 spiro atoms. The predicted molar refractivity (Wildman–Crippen MR) is 94.4 cm³/mol. The number of amides is 1. The number of aromatic nitrogens is 2. The Labute approximate surface area is 147 Å². The Balaban J connectivity index is 1.94. The Kier molecular flexibility index (Phi) is 3.54. The summed E-state index contributed by atoms with van der Waals surface area (Å²) in [7, 11) is 0. The molecule has 0 saturated heterocycles. The Morgan fingerprint density at radius 1 is 1.35 bits per heavy atom. The quantitative estimate of drug-likeness (QED) is 0.411. The Bertz CT molecular complexity index is 1090. The molecule has 1 aliphatic heterocycles. The summed E-state index contributed by atoms with van der Waals surface area (Å²) in [6.45, 7) is 2.12. The van der Waals surface area contributed by atoms with Gasteiger partial charge in [0.15, 0.2) is 6.29 Å². The summed E-state index contributed by atoms with van der Waals surface area (Å²) in [6, 6.07) is 8.39. The molecule has 1 aromatic carbocycles. The second-order valence-corrected chi connectivity index (χ2v) is 6.07. The van der Waals surface area contributed by atoms with Crippen molar-refractivity contribution in [1.29, 1.82) is 0 Å². The van der Waals surface area contributed by atoms with Gasteiger partial charge >= 0.3 is 5.69 Å². The number of nitro groups is 1. The molecule has 0 N–H and O–H groups in total. The van der Waals surface area contributed by atoms with Crippen LogP contribution in [0.2, 0.25) is 0 Å². The fraction of sp³-hybridized carbons (Fsp3) is 0.167. The van der Waals surface area contributed by atoms with Crippen molar-refractivity contribution in [2.75, 3.05) is 11.4 Å². The Hall–Kier alpha value is -3.55. The van der Waals surface area contributed by atoms with E-state index in [1.807, 2.05) is 18.2 Å². The minimum atomic E-state index is -0.527. The molecular weight excluding hydrogens is 336 g/mol. The van der Waals surface area contributed by atoms with Gasteiger partial charge in [-0.3, -0.25) is 24.1 Å². The summed E-state index contributed by atoms with van der Waals surface area (Å²) in [5.74, 6) is -0.0536. The van der Waals surface area contributed by atoms with Gasteiger partial charge in [0, 0.05) is 37.0 Å². The number of carbonyl (C=O) groups excluding carboxylic acids is 2. The zero-order valence-corrected chi connectivity index (χ0v) is 13.9. The van der Waals surface area contributed by atoms with Gasteiger partial charge in [-0.15, -0.1) is 0 Å². The average molecular weight is 350 g/mol. The van der Waals surface area contributed by atoms with E-state index in [9.17, 15) is 19.7 Å². The minimum absolute atomic E-state index is 0.0536. The number of imidazole rings is 1. The van der Waals surface area contributed by atoms with Crippen molar-refractivity contribution in [3.05, 3.63) is 57.9 Å². The van der Waals surface area contributed by atoms with Gasteiger partial charge in [-0.25, -0.2) is 4.98 Å². The molecule has 0 aliphatic carbocycles. The number of aldehydes is 1. The van der Waals surface area contributed by atoms with Crippen molar-refractivity contribution < 1.29 is 14.5 Å². The molecule has 2 aromatic heterocycles. The number of fused-ring (bicyclic) bond motifs is 2. The van der Waals surface area contributed by atoms with Gasteiger partial charge in [0.05, 0.1) is 4.92 Å². The average Bonchev–Trinajstić information content (AvgIpc) is 3.21. The number of pyridine rings is 1. The maximum atomic E-state index is 11.8. The molecule has 0 radical (unpaired) electrons. The first-order valence-electron chi connectivity index (χ1n) is 8.03. The third kappa shape index (κ3) is 2.26. The van der Waals surface area contributed by atoms with E-state index in [1.54, 1.807) is 11.1 Å². The van der Waals surface area contributed by atoms with E-state index in [0.717, 1.165) is 17.7 Å². The first-order valence-corrected chi connectivity index (χ1v) is 8.03. The van der Waals surface area contributed by atoms with E-state index < -0.39 is 4.92 Å². The number of hydrogen-bond acceptors (Lipinski definition) is 5. The molecule has 0 atom stereocenters. The monoisotopic (exact) mass is 350 g/mol. The predicted octanol–water partition coefficient (Wildman–Crippen LogP) is 2.63. The maximum absolute atomic E-state index is 11.8. The van der Waals surface area contributed by atoms with E-state index in [4.69, 9.17) is 0 Å². The highest BCUT2D eigenvalue weighted by Crippen LogP contribution is 2.34. The van der Waals surface area contributed by atoms with Gasteiger partial charge in [0.2, 0.25) is 11.6 Å². The molecule has 0 saturated carbocycles. The summed E-state index contributed by atoms with van der Waals surface area (Å²) in [5, 5.41) is 11.3.